The molecule has 1 atom stereocenters. The highest BCUT2D eigenvalue weighted by Crippen LogP contribution is 2.19. The van der Waals surface area contributed by atoms with E-state index in [1.165, 1.54) is 0 Å². The second kappa shape index (κ2) is 5.84. The maximum absolute atomic E-state index is 11.7. The fourth-order valence-corrected chi connectivity index (χ4v) is 2.32. The number of ether oxygens (including phenoxy) is 1. The van der Waals surface area contributed by atoms with Gasteiger partial charge in [0.15, 0.2) is 6.61 Å². The number of likely N-dealkylation sites (tertiary alicyclic amines) is 1. The molecular weight excluding hydrogens is 218 g/mol. The first-order valence-corrected chi connectivity index (χ1v) is 6.37. The Kier molecular flexibility index (Phi) is 4.18. The molecule has 0 radical (unpaired) electrons. The standard InChI is InChI=1S/C13H19NO3/c15-12(14-8-4-5-9-14)10-17-13(16)11-6-2-1-3-7-11/h1-2,11H,3-10H2. The zero-order valence-corrected chi connectivity index (χ0v) is 10.1. The van der Waals surface area contributed by atoms with Gasteiger partial charge in [-0.2, -0.15) is 0 Å². The summed E-state index contributed by atoms with van der Waals surface area (Å²) in [6.45, 7) is 1.53. The van der Waals surface area contributed by atoms with Gasteiger partial charge in [0.05, 0.1) is 5.92 Å². The maximum atomic E-state index is 11.7. The molecule has 0 N–H and O–H groups in total. The number of carbonyl (C=O) groups is 2. The van der Waals surface area contributed by atoms with E-state index >= 15 is 0 Å². The molecule has 1 heterocycles. The Labute approximate surface area is 102 Å². The molecular formula is C13H19NO3. The Balaban J connectivity index is 1.71. The van der Waals surface area contributed by atoms with E-state index in [0.29, 0.717) is 0 Å². The third-order valence-electron chi connectivity index (χ3n) is 3.40. The number of rotatable bonds is 3. The summed E-state index contributed by atoms with van der Waals surface area (Å²) in [5.41, 5.74) is 0. The van der Waals surface area contributed by atoms with Crippen LogP contribution in [0.15, 0.2) is 12.2 Å². The van der Waals surface area contributed by atoms with Crippen molar-refractivity contribution in [3.05, 3.63) is 12.2 Å². The first kappa shape index (κ1) is 12.1. The summed E-state index contributed by atoms with van der Waals surface area (Å²) < 4.78 is 5.09. The third kappa shape index (κ3) is 3.32. The van der Waals surface area contributed by atoms with E-state index in [4.69, 9.17) is 4.74 Å². The molecule has 4 nitrogen and oxygen atoms in total. The van der Waals surface area contributed by atoms with Crippen LogP contribution in [-0.4, -0.2) is 36.5 Å². The molecule has 1 unspecified atom stereocenters. The van der Waals surface area contributed by atoms with Crippen LogP contribution in [0.4, 0.5) is 0 Å². The van der Waals surface area contributed by atoms with E-state index in [1.807, 2.05) is 6.08 Å². The van der Waals surface area contributed by atoms with Crippen molar-refractivity contribution in [3.63, 3.8) is 0 Å². The third-order valence-corrected chi connectivity index (χ3v) is 3.40. The Morgan fingerprint density at radius 3 is 2.65 bits per heavy atom. The molecule has 1 amide bonds. The van der Waals surface area contributed by atoms with Crippen LogP contribution in [-0.2, 0) is 14.3 Å². The Hall–Kier alpha value is -1.32. The molecule has 1 aliphatic carbocycles. The lowest BCUT2D eigenvalue weighted by Crippen LogP contribution is -2.33. The maximum Gasteiger partial charge on any atom is 0.309 e. The van der Waals surface area contributed by atoms with Gasteiger partial charge in [0.2, 0.25) is 0 Å². The minimum absolute atomic E-state index is 0.0496. The largest absolute Gasteiger partial charge is 0.455 e. The average molecular weight is 237 g/mol. The predicted octanol–water partition coefficient (Wildman–Crippen LogP) is 1.51. The normalized spacial score (nSPS) is 23.8. The zero-order chi connectivity index (χ0) is 12.1. The van der Waals surface area contributed by atoms with E-state index in [2.05, 4.69) is 6.08 Å². The van der Waals surface area contributed by atoms with Gasteiger partial charge in [0.25, 0.3) is 5.91 Å². The predicted molar refractivity (Wildman–Crippen MR) is 63.3 cm³/mol. The quantitative estimate of drug-likeness (QED) is 0.552. The second-order valence-corrected chi connectivity index (χ2v) is 4.68. The van der Waals surface area contributed by atoms with Crippen molar-refractivity contribution in [2.75, 3.05) is 19.7 Å². The molecule has 0 aromatic rings. The van der Waals surface area contributed by atoms with Crippen molar-refractivity contribution >= 4 is 11.9 Å². The van der Waals surface area contributed by atoms with Gasteiger partial charge < -0.3 is 9.64 Å². The fourth-order valence-electron chi connectivity index (χ4n) is 2.32. The molecule has 1 saturated heterocycles. The van der Waals surface area contributed by atoms with Crippen LogP contribution in [0.5, 0.6) is 0 Å². The van der Waals surface area contributed by atoms with E-state index in [0.717, 1.165) is 45.2 Å². The van der Waals surface area contributed by atoms with Gasteiger partial charge in [-0.25, -0.2) is 0 Å². The van der Waals surface area contributed by atoms with Crippen molar-refractivity contribution in [1.29, 1.82) is 0 Å². The van der Waals surface area contributed by atoms with E-state index in [9.17, 15) is 9.59 Å². The van der Waals surface area contributed by atoms with Gasteiger partial charge in [0.1, 0.15) is 0 Å². The Morgan fingerprint density at radius 1 is 1.24 bits per heavy atom. The van der Waals surface area contributed by atoms with Gasteiger partial charge in [-0.3, -0.25) is 9.59 Å². The molecule has 0 aromatic carbocycles. The fraction of sp³-hybridized carbons (Fsp3) is 0.692. The SMILES string of the molecule is O=C(OCC(=O)N1CCCC1)C1CC=CCC1. The number of hydrogen-bond donors (Lipinski definition) is 0. The minimum Gasteiger partial charge on any atom is -0.455 e. The van der Waals surface area contributed by atoms with Gasteiger partial charge in [-0.05, 0) is 32.1 Å². The molecule has 0 spiro atoms. The molecule has 2 rings (SSSR count). The van der Waals surface area contributed by atoms with E-state index < -0.39 is 0 Å². The summed E-state index contributed by atoms with van der Waals surface area (Å²) >= 11 is 0. The average Bonchev–Trinajstić information content (AvgIpc) is 2.90. The molecule has 0 aromatic heterocycles. The van der Waals surface area contributed by atoms with Crippen LogP contribution < -0.4 is 0 Å². The van der Waals surface area contributed by atoms with Gasteiger partial charge in [0, 0.05) is 13.1 Å². The first-order valence-electron chi connectivity index (χ1n) is 6.37. The lowest BCUT2D eigenvalue weighted by Gasteiger charge is -2.18. The van der Waals surface area contributed by atoms with Gasteiger partial charge >= 0.3 is 5.97 Å². The van der Waals surface area contributed by atoms with Crippen molar-refractivity contribution in [3.8, 4) is 0 Å². The monoisotopic (exact) mass is 237 g/mol. The minimum atomic E-state index is -0.220. The molecule has 1 aliphatic heterocycles. The highest BCUT2D eigenvalue weighted by Gasteiger charge is 2.23. The summed E-state index contributed by atoms with van der Waals surface area (Å²) in [4.78, 5) is 25.1. The zero-order valence-electron chi connectivity index (χ0n) is 10.1. The van der Waals surface area contributed by atoms with Crippen LogP contribution in [0.2, 0.25) is 0 Å². The van der Waals surface area contributed by atoms with Gasteiger partial charge in [-0.1, -0.05) is 12.2 Å². The molecule has 1 fully saturated rings. The summed E-state index contributed by atoms with van der Waals surface area (Å²) in [5, 5.41) is 0. The lowest BCUT2D eigenvalue weighted by molar-refractivity contribution is -0.155. The van der Waals surface area contributed by atoms with Crippen molar-refractivity contribution < 1.29 is 14.3 Å². The molecule has 0 bridgehead atoms. The summed E-state index contributed by atoms with van der Waals surface area (Å²) in [6.07, 6.45) is 8.74. The number of hydrogen-bond acceptors (Lipinski definition) is 3. The molecule has 94 valence electrons. The number of carbonyl (C=O) groups excluding carboxylic acids is 2. The summed E-state index contributed by atoms with van der Waals surface area (Å²) in [6, 6.07) is 0. The second-order valence-electron chi connectivity index (χ2n) is 4.68. The molecule has 0 saturated carbocycles. The Morgan fingerprint density at radius 2 is 2.00 bits per heavy atom. The number of amides is 1. The topological polar surface area (TPSA) is 46.6 Å². The van der Waals surface area contributed by atoms with Crippen LogP contribution >= 0.6 is 0 Å². The molecule has 17 heavy (non-hydrogen) atoms. The Bertz CT molecular complexity index is 319. The highest BCUT2D eigenvalue weighted by molar-refractivity contribution is 5.81. The van der Waals surface area contributed by atoms with Crippen molar-refractivity contribution in [1.82, 2.24) is 4.90 Å². The van der Waals surface area contributed by atoms with Crippen molar-refractivity contribution in [2.45, 2.75) is 32.1 Å². The summed E-state index contributed by atoms with van der Waals surface area (Å²) in [5.74, 6) is -0.324. The summed E-state index contributed by atoms with van der Waals surface area (Å²) in [7, 11) is 0. The first-order chi connectivity index (χ1) is 8.27. The lowest BCUT2D eigenvalue weighted by atomic mass is 9.95. The van der Waals surface area contributed by atoms with Crippen LogP contribution in [0, 0.1) is 5.92 Å². The van der Waals surface area contributed by atoms with Crippen LogP contribution in [0.3, 0.4) is 0 Å². The van der Waals surface area contributed by atoms with Gasteiger partial charge in [-0.15, -0.1) is 0 Å². The van der Waals surface area contributed by atoms with Crippen LogP contribution in [0.25, 0.3) is 0 Å². The highest BCUT2D eigenvalue weighted by atomic mass is 16.5. The smallest absolute Gasteiger partial charge is 0.309 e. The van der Waals surface area contributed by atoms with Crippen LogP contribution in [0.1, 0.15) is 32.1 Å². The number of nitrogens with zero attached hydrogens (tertiary/aromatic N) is 1. The van der Waals surface area contributed by atoms with E-state index in [1.54, 1.807) is 4.90 Å². The van der Waals surface area contributed by atoms with E-state index in [-0.39, 0.29) is 24.4 Å². The number of allylic oxidation sites excluding steroid dienone is 2. The number of esters is 1. The molecule has 4 heteroatoms. The van der Waals surface area contributed by atoms with Crippen molar-refractivity contribution in [2.24, 2.45) is 5.92 Å². The molecule has 2 aliphatic rings.